The normalized spacial score (nSPS) is 10.8. The van der Waals surface area contributed by atoms with Crippen molar-refractivity contribution >= 4 is 5.69 Å². The molecule has 2 N–H and O–H groups in total. The van der Waals surface area contributed by atoms with E-state index >= 15 is 0 Å². The molecule has 21 heavy (non-hydrogen) atoms. The number of rotatable bonds is 2. The molecule has 0 fully saturated rings. The van der Waals surface area contributed by atoms with Crippen molar-refractivity contribution in [2.24, 2.45) is 0 Å². The van der Waals surface area contributed by atoms with E-state index < -0.39 is 5.82 Å². The minimum absolute atomic E-state index is 0.277. The van der Waals surface area contributed by atoms with Crippen molar-refractivity contribution in [1.29, 1.82) is 0 Å². The molecule has 0 amide bonds. The van der Waals surface area contributed by atoms with Gasteiger partial charge in [0.05, 0.1) is 11.3 Å². The van der Waals surface area contributed by atoms with Crippen molar-refractivity contribution in [2.75, 3.05) is 5.73 Å². The monoisotopic (exact) mass is 283 g/mol. The number of nitrogen functional groups attached to an aromatic ring is 1. The van der Waals surface area contributed by atoms with Crippen LogP contribution in [-0.4, -0.2) is 20.2 Å². The highest BCUT2D eigenvalue weighted by atomic mass is 19.1. The van der Waals surface area contributed by atoms with Gasteiger partial charge in [0.25, 0.3) is 0 Å². The Morgan fingerprint density at radius 3 is 2.48 bits per heavy atom. The van der Waals surface area contributed by atoms with Crippen LogP contribution in [0.2, 0.25) is 0 Å². The predicted octanol–water partition coefficient (Wildman–Crippen LogP) is 2.67. The lowest BCUT2D eigenvalue weighted by molar-refractivity contribution is 0.629. The fourth-order valence-electron chi connectivity index (χ4n) is 2.32. The van der Waals surface area contributed by atoms with Crippen LogP contribution in [0, 0.1) is 19.7 Å². The van der Waals surface area contributed by atoms with Gasteiger partial charge in [0.1, 0.15) is 5.82 Å². The minimum Gasteiger partial charge on any atom is -0.399 e. The molecule has 0 bridgehead atoms. The van der Waals surface area contributed by atoms with Gasteiger partial charge in [0.15, 0.2) is 5.82 Å². The van der Waals surface area contributed by atoms with Crippen molar-refractivity contribution in [3.05, 3.63) is 53.3 Å². The maximum Gasteiger partial charge on any atom is 0.190 e. The topological polar surface area (TPSA) is 69.6 Å². The van der Waals surface area contributed by atoms with Gasteiger partial charge in [-0.3, -0.25) is 0 Å². The number of nitrogens with zero attached hydrogens (tertiary/aromatic N) is 4. The Hall–Kier alpha value is -2.76. The summed E-state index contributed by atoms with van der Waals surface area (Å²) >= 11 is 0. The lowest BCUT2D eigenvalue weighted by Gasteiger charge is -2.08. The first-order valence-corrected chi connectivity index (χ1v) is 6.47. The van der Waals surface area contributed by atoms with E-state index in [-0.39, 0.29) is 5.56 Å². The van der Waals surface area contributed by atoms with Gasteiger partial charge in [-0.1, -0.05) is 6.07 Å². The van der Waals surface area contributed by atoms with Gasteiger partial charge in [-0.25, -0.2) is 4.39 Å². The fourth-order valence-corrected chi connectivity index (χ4v) is 2.32. The van der Waals surface area contributed by atoms with Gasteiger partial charge in [-0.05, 0) is 65.7 Å². The standard InChI is InChI=1S/C15H14FN5/c1-9-5-10(2)7-12(6-9)21-15(18-19-20-21)13-8-11(17)3-4-14(13)16/h3-8H,17H2,1-2H3. The van der Waals surface area contributed by atoms with Crippen molar-refractivity contribution in [3.63, 3.8) is 0 Å². The van der Waals surface area contributed by atoms with E-state index in [1.54, 1.807) is 0 Å². The Bertz CT molecular complexity index is 789. The van der Waals surface area contributed by atoms with Crippen molar-refractivity contribution in [2.45, 2.75) is 13.8 Å². The van der Waals surface area contributed by atoms with Gasteiger partial charge >= 0.3 is 0 Å². The number of hydrogen-bond acceptors (Lipinski definition) is 4. The second-order valence-corrected chi connectivity index (χ2v) is 5.00. The molecule has 106 valence electrons. The number of anilines is 1. The molecule has 0 unspecified atom stereocenters. The molecular formula is C15H14FN5. The Kier molecular flexibility index (Phi) is 3.13. The molecular weight excluding hydrogens is 269 g/mol. The number of benzene rings is 2. The molecule has 2 aromatic carbocycles. The molecule has 3 rings (SSSR count). The average molecular weight is 283 g/mol. The van der Waals surface area contributed by atoms with Crippen LogP contribution in [-0.2, 0) is 0 Å². The molecule has 0 aliphatic rings. The molecule has 0 aliphatic heterocycles. The van der Waals surface area contributed by atoms with E-state index in [1.807, 2.05) is 26.0 Å². The number of halogens is 1. The van der Waals surface area contributed by atoms with Gasteiger partial charge in [0, 0.05) is 5.69 Å². The van der Waals surface area contributed by atoms with E-state index in [9.17, 15) is 4.39 Å². The number of tetrazole rings is 1. The lowest BCUT2D eigenvalue weighted by atomic mass is 10.1. The van der Waals surface area contributed by atoms with Gasteiger partial charge in [-0.15, -0.1) is 5.10 Å². The zero-order valence-corrected chi connectivity index (χ0v) is 11.7. The molecule has 0 aliphatic carbocycles. The zero-order chi connectivity index (χ0) is 15.0. The summed E-state index contributed by atoms with van der Waals surface area (Å²) in [6.45, 7) is 3.98. The first-order chi connectivity index (χ1) is 10.0. The predicted molar refractivity (Wildman–Crippen MR) is 78.4 cm³/mol. The average Bonchev–Trinajstić information content (AvgIpc) is 2.89. The summed E-state index contributed by atoms with van der Waals surface area (Å²) in [5, 5.41) is 11.6. The Morgan fingerprint density at radius 2 is 1.76 bits per heavy atom. The third-order valence-corrected chi connectivity index (χ3v) is 3.15. The Balaban J connectivity index is 2.19. The summed E-state index contributed by atoms with van der Waals surface area (Å²) in [7, 11) is 0. The van der Waals surface area contributed by atoms with Crippen LogP contribution < -0.4 is 5.73 Å². The zero-order valence-electron chi connectivity index (χ0n) is 11.7. The summed E-state index contributed by atoms with van der Waals surface area (Å²) in [6.07, 6.45) is 0. The quantitative estimate of drug-likeness (QED) is 0.734. The van der Waals surface area contributed by atoms with Crippen LogP contribution in [0.25, 0.3) is 17.1 Å². The summed E-state index contributed by atoms with van der Waals surface area (Å²) in [5.41, 5.74) is 9.41. The molecule has 0 saturated heterocycles. The second kappa shape index (κ2) is 4.97. The second-order valence-electron chi connectivity index (χ2n) is 5.00. The molecule has 0 atom stereocenters. The van der Waals surface area contributed by atoms with Crippen molar-refractivity contribution in [1.82, 2.24) is 20.2 Å². The van der Waals surface area contributed by atoms with Crippen LogP contribution >= 0.6 is 0 Å². The van der Waals surface area contributed by atoms with Crippen LogP contribution in [0.4, 0.5) is 10.1 Å². The molecule has 0 radical (unpaired) electrons. The van der Waals surface area contributed by atoms with Crippen LogP contribution in [0.1, 0.15) is 11.1 Å². The maximum absolute atomic E-state index is 14.0. The summed E-state index contributed by atoms with van der Waals surface area (Å²) in [4.78, 5) is 0. The highest BCUT2D eigenvalue weighted by Crippen LogP contribution is 2.25. The van der Waals surface area contributed by atoms with Gasteiger partial charge < -0.3 is 5.73 Å². The Morgan fingerprint density at radius 1 is 1.05 bits per heavy atom. The van der Waals surface area contributed by atoms with Crippen LogP contribution in [0.5, 0.6) is 0 Å². The third-order valence-electron chi connectivity index (χ3n) is 3.15. The highest BCUT2D eigenvalue weighted by Gasteiger charge is 2.15. The fraction of sp³-hybridized carbons (Fsp3) is 0.133. The molecule has 6 heteroatoms. The summed E-state index contributed by atoms with van der Waals surface area (Å²) in [5.74, 6) is -0.0885. The van der Waals surface area contributed by atoms with E-state index in [0.29, 0.717) is 11.5 Å². The van der Waals surface area contributed by atoms with E-state index in [0.717, 1.165) is 16.8 Å². The first-order valence-electron chi connectivity index (χ1n) is 6.47. The van der Waals surface area contributed by atoms with E-state index in [4.69, 9.17) is 5.73 Å². The molecule has 1 aromatic heterocycles. The number of aromatic nitrogens is 4. The van der Waals surface area contributed by atoms with Gasteiger partial charge in [0.2, 0.25) is 0 Å². The minimum atomic E-state index is -0.412. The van der Waals surface area contributed by atoms with E-state index in [1.165, 1.54) is 22.9 Å². The summed E-state index contributed by atoms with van der Waals surface area (Å²) in [6, 6.07) is 10.3. The smallest absolute Gasteiger partial charge is 0.190 e. The Labute approximate surface area is 121 Å². The van der Waals surface area contributed by atoms with Gasteiger partial charge in [-0.2, -0.15) is 4.68 Å². The van der Waals surface area contributed by atoms with Crippen molar-refractivity contribution in [3.8, 4) is 17.1 Å². The third kappa shape index (κ3) is 2.47. The lowest BCUT2D eigenvalue weighted by Crippen LogP contribution is -2.02. The first kappa shape index (κ1) is 13.2. The SMILES string of the molecule is Cc1cc(C)cc(-n2nnnc2-c2cc(N)ccc2F)c1. The highest BCUT2D eigenvalue weighted by molar-refractivity contribution is 5.63. The summed E-state index contributed by atoms with van der Waals surface area (Å²) < 4.78 is 15.5. The maximum atomic E-state index is 14.0. The van der Waals surface area contributed by atoms with Crippen LogP contribution in [0.15, 0.2) is 36.4 Å². The van der Waals surface area contributed by atoms with E-state index in [2.05, 4.69) is 21.6 Å². The molecule has 1 heterocycles. The number of aryl methyl sites for hydroxylation is 2. The molecule has 3 aromatic rings. The molecule has 0 spiro atoms. The molecule has 0 saturated carbocycles. The largest absolute Gasteiger partial charge is 0.399 e. The number of nitrogens with two attached hydrogens (primary N) is 1. The van der Waals surface area contributed by atoms with Crippen LogP contribution in [0.3, 0.4) is 0 Å². The molecule has 5 nitrogen and oxygen atoms in total. The number of hydrogen-bond donors (Lipinski definition) is 1. The van der Waals surface area contributed by atoms with Crippen molar-refractivity contribution < 1.29 is 4.39 Å².